The average molecular weight is 328 g/mol. The van der Waals surface area contributed by atoms with Gasteiger partial charge in [-0.3, -0.25) is 24.9 Å². The van der Waals surface area contributed by atoms with Crippen molar-refractivity contribution in [1.82, 2.24) is 25.7 Å². The molecule has 4 rings (SSSR count). The fourth-order valence-electron chi connectivity index (χ4n) is 3.48. The summed E-state index contributed by atoms with van der Waals surface area (Å²) in [5, 5.41) is 14.2. The van der Waals surface area contributed by atoms with Crippen LogP contribution in [0.25, 0.3) is 10.9 Å². The highest BCUT2D eigenvalue weighted by Crippen LogP contribution is 2.31. The molecule has 1 unspecified atom stereocenters. The fourth-order valence-corrected chi connectivity index (χ4v) is 3.48. The molecule has 8 heteroatoms. The van der Waals surface area contributed by atoms with Gasteiger partial charge in [0, 0.05) is 38.6 Å². The number of aromatic nitrogens is 2. The molecule has 1 aromatic heterocycles. The molecule has 2 saturated heterocycles. The van der Waals surface area contributed by atoms with E-state index < -0.39 is 6.04 Å². The number of piperazine rings is 2. The van der Waals surface area contributed by atoms with E-state index in [1.54, 1.807) is 0 Å². The van der Waals surface area contributed by atoms with Crippen LogP contribution in [0.5, 0.6) is 0 Å². The van der Waals surface area contributed by atoms with E-state index in [1.165, 1.54) is 0 Å². The van der Waals surface area contributed by atoms with Gasteiger partial charge in [-0.15, -0.1) is 0 Å². The van der Waals surface area contributed by atoms with E-state index in [2.05, 4.69) is 32.0 Å². The standard InChI is InChI=1S/C16H20N6O2/c1-21-15-10(3-2-4-11(15)22-7-5-17-6-8-22)13(20-21)14-16(24)19-12(23)9-18-14/h2-4,14,17-18H,5-9H2,1H3,(H,19,23,24). The first-order valence-electron chi connectivity index (χ1n) is 8.13. The zero-order valence-electron chi connectivity index (χ0n) is 13.5. The fraction of sp³-hybridized carbons (Fsp3) is 0.438. The normalized spacial score (nSPS) is 22.0. The van der Waals surface area contributed by atoms with Crippen molar-refractivity contribution >= 4 is 28.4 Å². The van der Waals surface area contributed by atoms with E-state index in [-0.39, 0.29) is 18.4 Å². The molecule has 2 fully saturated rings. The Kier molecular flexibility index (Phi) is 3.70. The molecular weight excluding hydrogens is 308 g/mol. The topological polar surface area (TPSA) is 91.3 Å². The van der Waals surface area contributed by atoms with Gasteiger partial charge in [0.05, 0.1) is 23.4 Å². The second kappa shape index (κ2) is 5.88. The summed E-state index contributed by atoms with van der Waals surface area (Å²) in [4.78, 5) is 25.9. The van der Waals surface area contributed by atoms with Crippen LogP contribution in [0.2, 0.25) is 0 Å². The molecule has 0 bridgehead atoms. The van der Waals surface area contributed by atoms with E-state index in [4.69, 9.17) is 0 Å². The minimum atomic E-state index is -0.607. The van der Waals surface area contributed by atoms with Gasteiger partial charge in [-0.25, -0.2) is 0 Å². The predicted molar refractivity (Wildman–Crippen MR) is 89.7 cm³/mol. The molecule has 3 N–H and O–H groups in total. The van der Waals surface area contributed by atoms with Gasteiger partial charge in [0.2, 0.25) is 11.8 Å². The second-order valence-electron chi connectivity index (χ2n) is 6.15. The van der Waals surface area contributed by atoms with Crippen LogP contribution in [-0.4, -0.2) is 54.3 Å². The lowest BCUT2D eigenvalue weighted by molar-refractivity contribution is -0.134. The van der Waals surface area contributed by atoms with Crippen molar-refractivity contribution in [3.63, 3.8) is 0 Å². The Labute approximate surface area is 139 Å². The third-order valence-corrected chi connectivity index (χ3v) is 4.59. The second-order valence-corrected chi connectivity index (χ2v) is 6.15. The van der Waals surface area contributed by atoms with Gasteiger partial charge < -0.3 is 10.2 Å². The first kappa shape index (κ1) is 15.1. The number of carbonyl (C=O) groups is 2. The molecule has 2 aliphatic rings. The number of carbonyl (C=O) groups excluding carboxylic acids is 2. The molecule has 126 valence electrons. The lowest BCUT2D eigenvalue weighted by Crippen LogP contribution is -2.51. The summed E-state index contributed by atoms with van der Waals surface area (Å²) in [6.07, 6.45) is 0. The maximum Gasteiger partial charge on any atom is 0.250 e. The Balaban J connectivity index is 1.78. The number of nitrogens with zero attached hydrogens (tertiary/aromatic N) is 3. The summed E-state index contributed by atoms with van der Waals surface area (Å²) in [6.45, 7) is 3.91. The molecule has 0 radical (unpaired) electrons. The largest absolute Gasteiger partial charge is 0.367 e. The summed E-state index contributed by atoms with van der Waals surface area (Å²) in [6, 6.07) is 5.47. The number of para-hydroxylation sites is 1. The molecule has 2 aromatic rings. The predicted octanol–water partition coefficient (Wildman–Crippen LogP) is -0.730. The Hall–Kier alpha value is -2.45. The highest BCUT2D eigenvalue weighted by molar-refractivity contribution is 6.04. The highest BCUT2D eigenvalue weighted by atomic mass is 16.2. The minimum absolute atomic E-state index is 0.117. The number of hydrogen-bond donors (Lipinski definition) is 3. The Morgan fingerprint density at radius 1 is 1.21 bits per heavy atom. The number of amides is 2. The number of aryl methyl sites for hydroxylation is 1. The number of imide groups is 1. The highest BCUT2D eigenvalue weighted by Gasteiger charge is 2.31. The van der Waals surface area contributed by atoms with Crippen molar-refractivity contribution in [1.29, 1.82) is 0 Å². The van der Waals surface area contributed by atoms with E-state index in [9.17, 15) is 9.59 Å². The van der Waals surface area contributed by atoms with E-state index in [0.29, 0.717) is 5.69 Å². The van der Waals surface area contributed by atoms with Gasteiger partial charge in [0.15, 0.2) is 0 Å². The van der Waals surface area contributed by atoms with Gasteiger partial charge in [0.1, 0.15) is 6.04 Å². The number of rotatable bonds is 2. The zero-order valence-corrected chi connectivity index (χ0v) is 13.5. The third-order valence-electron chi connectivity index (χ3n) is 4.59. The molecular formula is C16H20N6O2. The maximum atomic E-state index is 12.2. The molecule has 0 spiro atoms. The van der Waals surface area contributed by atoms with Gasteiger partial charge in [-0.1, -0.05) is 12.1 Å². The first-order chi connectivity index (χ1) is 11.6. The molecule has 0 saturated carbocycles. The van der Waals surface area contributed by atoms with E-state index in [1.807, 2.05) is 23.9 Å². The first-order valence-corrected chi connectivity index (χ1v) is 8.13. The average Bonchev–Trinajstić information content (AvgIpc) is 2.93. The summed E-state index contributed by atoms with van der Waals surface area (Å²) in [7, 11) is 1.89. The summed E-state index contributed by atoms with van der Waals surface area (Å²) < 4.78 is 1.83. The van der Waals surface area contributed by atoms with Crippen LogP contribution < -0.4 is 20.9 Å². The van der Waals surface area contributed by atoms with Crippen LogP contribution in [-0.2, 0) is 16.6 Å². The quantitative estimate of drug-likeness (QED) is 0.630. The van der Waals surface area contributed by atoms with Crippen LogP contribution >= 0.6 is 0 Å². The Bertz CT molecular complexity index is 808. The van der Waals surface area contributed by atoms with E-state index in [0.717, 1.165) is 42.8 Å². The van der Waals surface area contributed by atoms with Gasteiger partial charge >= 0.3 is 0 Å². The third kappa shape index (κ3) is 2.44. The number of anilines is 1. The van der Waals surface area contributed by atoms with Gasteiger partial charge in [-0.2, -0.15) is 5.10 Å². The zero-order chi connectivity index (χ0) is 16.7. The maximum absolute atomic E-state index is 12.2. The number of fused-ring (bicyclic) bond motifs is 1. The molecule has 3 heterocycles. The molecule has 24 heavy (non-hydrogen) atoms. The molecule has 8 nitrogen and oxygen atoms in total. The van der Waals surface area contributed by atoms with Gasteiger partial charge in [-0.05, 0) is 6.07 Å². The van der Waals surface area contributed by atoms with Crippen LogP contribution in [0.4, 0.5) is 5.69 Å². The van der Waals surface area contributed by atoms with E-state index >= 15 is 0 Å². The van der Waals surface area contributed by atoms with Crippen molar-refractivity contribution in [2.24, 2.45) is 7.05 Å². The number of benzene rings is 1. The number of nitrogens with one attached hydrogen (secondary N) is 3. The Morgan fingerprint density at radius 2 is 2.00 bits per heavy atom. The summed E-state index contributed by atoms with van der Waals surface area (Å²) in [5.74, 6) is -0.656. The van der Waals surface area contributed by atoms with Crippen molar-refractivity contribution < 1.29 is 9.59 Å². The van der Waals surface area contributed by atoms with Crippen molar-refractivity contribution in [2.45, 2.75) is 6.04 Å². The molecule has 2 amide bonds. The monoisotopic (exact) mass is 328 g/mol. The summed E-state index contributed by atoms with van der Waals surface area (Å²) >= 11 is 0. The lowest BCUT2D eigenvalue weighted by Gasteiger charge is -2.30. The Morgan fingerprint density at radius 3 is 2.75 bits per heavy atom. The molecule has 1 aromatic carbocycles. The SMILES string of the molecule is Cn1nc(C2NCC(=O)NC2=O)c2cccc(N3CCNCC3)c21. The summed E-state index contributed by atoms with van der Waals surface area (Å²) in [5.41, 5.74) is 2.80. The number of hydrogen-bond acceptors (Lipinski definition) is 6. The van der Waals surface area contributed by atoms with Crippen LogP contribution in [0.3, 0.4) is 0 Å². The molecule has 1 atom stereocenters. The van der Waals surface area contributed by atoms with Crippen molar-refractivity contribution in [3.05, 3.63) is 23.9 Å². The van der Waals surface area contributed by atoms with Crippen LogP contribution in [0.1, 0.15) is 11.7 Å². The van der Waals surface area contributed by atoms with Crippen LogP contribution in [0, 0.1) is 0 Å². The molecule has 2 aliphatic heterocycles. The van der Waals surface area contributed by atoms with Gasteiger partial charge in [0.25, 0.3) is 0 Å². The van der Waals surface area contributed by atoms with Crippen molar-refractivity contribution in [3.8, 4) is 0 Å². The van der Waals surface area contributed by atoms with Crippen molar-refractivity contribution in [2.75, 3.05) is 37.6 Å². The smallest absolute Gasteiger partial charge is 0.250 e. The van der Waals surface area contributed by atoms with Crippen LogP contribution in [0.15, 0.2) is 18.2 Å². The molecule has 0 aliphatic carbocycles. The minimum Gasteiger partial charge on any atom is -0.367 e. The lowest BCUT2D eigenvalue weighted by atomic mass is 10.1.